The third-order valence-corrected chi connectivity index (χ3v) is 5.57. The van der Waals surface area contributed by atoms with Crippen molar-refractivity contribution in [1.29, 1.82) is 0 Å². The maximum Gasteiger partial charge on any atom is 0.293 e. The lowest BCUT2D eigenvalue weighted by molar-refractivity contribution is -0.134. The van der Waals surface area contributed by atoms with E-state index in [1.54, 1.807) is 24.3 Å². The Labute approximate surface area is 169 Å². The van der Waals surface area contributed by atoms with Crippen molar-refractivity contribution in [2.45, 2.75) is 12.5 Å². The lowest BCUT2D eigenvalue weighted by Crippen LogP contribution is -2.46. The predicted molar refractivity (Wildman–Crippen MR) is 108 cm³/mol. The van der Waals surface area contributed by atoms with Gasteiger partial charge in [-0.05, 0) is 42.0 Å². The molecule has 2 aromatic rings. The van der Waals surface area contributed by atoms with Crippen molar-refractivity contribution in [3.05, 3.63) is 58.1 Å². The Kier molecular flexibility index (Phi) is 6.83. The number of ether oxygens (including phenoxy) is 1. The number of piperazine rings is 1. The van der Waals surface area contributed by atoms with E-state index in [1.165, 1.54) is 0 Å². The molecule has 1 saturated heterocycles. The van der Waals surface area contributed by atoms with Gasteiger partial charge >= 0.3 is 0 Å². The molecule has 1 aliphatic rings. The standard InChI is InChI=1S/C20H22Cl2N2O3/c21-18-6-1-15(13-19(18)22)20(27-14-25)7-8-23-9-11-24(12-10-23)16-2-4-17(26)5-3-16/h1-6,13-14,20,26H,7-12H2. The van der Waals surface area contributed by atoms with E-state index in [0.29, 0.717) is 22.9 Å². The van der Waals surface area contributed by atoms with E-state index in [1.807, 2.05) is 18.2 Å². The number of phenolic OH excluding ortho intramolecular Hbond substituents is 1. The molecule has 0 aliphatic carbocycles. The fourth-order valence-electron chi connectivity index (χ4n) is 3.29. The largest absolute Gasteiger partial charge is 0.508 e. The highest BCUT2D eigenvalue weighted by molar-refractivity contribution is 6.42. The van der Waals surface area contributed by atoms with Crippen LogP contribution in [0, 0.1) is 0 Å². The molecule has 144 valence electrons. The van der Waals surface area contributed by atoms with Crippen LogP contribution in [0.25, 0.3) is 0 Å². The second-order valence-electron chi connectivity index (χ2n) is 6.53. The lowest BCUT2D eigenvalue weighted by atomic mass is 10.1. The van der Waals surface area contributed by atoms with Crippen molar-refractivity contribution < 1.29 is 14.6 Å². The summed E-state index contributed by atoms with van der Waals surface area (Å²) in [6.07, 6.45) is 0.350. The Morgan fingerprint density at radius 1 is 1.04 bits per heavy atom. The summed E-state index contributed by atoms with van der Waals surface area (Å²) in [5, 5.41) is 10.3. The average Bonchev–Trinajstić information content (AvgIpc) is 2.68. The highest BCUT2D eigenvalue weighted by Gasteiger charge is 2.20. The number of rotatable bonds is 7. The van der Waals surface area contributed by atoms with Gasteiger partial charge in [-0.15, -0.1) is 0 Å². The van der Waals surface area contributed by atoms with Crippen molar-refractivity contribution in [3.8, 4) is 5.75 Å². The molecular formula is C20H22Cl2N2O3. The van der Waals surface area contributed by atoms with Crippen molar-refractivity contribution >= 4 is 35.4 Å². The minimum atomic E-state index is -0.340. The molecule has 0 amide bonds. The van der Waals surface area contributed by atoms with Gasteiger partial charge in [-0.3, -0.25) is 9.69 Å². The molecule has 1 aliphatic heterocycles. The summed E-state index contributed by atoms with van der Waals surface area (Å²) in [5.74, 6) is 0.279. The molecule has 0 saturated carbocycles. The van der Waals surface area contributed by atoms with Crippen LogP contribution >= 0.6 is 23.2 Å². The van der Waals surface area contributed by atoms with Crippen LogP contribution in [-0.2, 0) is 9.53 Å². The average molecular weight is 409 g/mol. The van der Waals surface area contributed by atoms with Crippen LogP contribution in [0.15, 0.2) is 42.5 Å². The molecule has 0 bridgehead atoms. The first-order valence-corrected chi connectivity index (χ1v) is 9.63. The number of nitrogens with zero attached hydrogens (tertiary/aromatic N) is 2. The van der Waals surface area contributed by atoms with Crippen molar-refractivity contribution in [3.63, 3.8) is 0 Å². The lowest BCUT2D eigenvalue weighted by Gasteiger charge is -2.36. The van der Waals surface area contributed by atoms with Crippen molar-refractivity contribution in [1.82, 2.24) is 4.90 Å². The minimum Gasteiger partial charge on any atom is -0.508 e. The Morgan fingerprint density at radius 3 is 2.37 bits per heavy atom. The van der Waals surface area contributed by atoms with E-state index in [0.717, 1.165) is 44.0 Å². The number of benzene rings is 2. The van der Waals surface area contributed by atoms with E-state index in [2.05, 4.69) is 9.80 Å². The molecule has 1 heterocycles. The summed E-state index contributed by atoms with van der Waals surface area (Å²) < 4.78 is 5.27. The second kappa shape index (κ2) is 9.31. The first-order valence-electron chi connectivity index (χ1n) is 8.87. The summed E-state index contributed by atoms with van der Waals surface area (Å²) in [5.41, 5.74) is 1.96. The number of carbonyl (C=O) groups is 1. The van der Waals surface area contributed by atoms with E-state index in [-0.39, 0.29) is 11.9 Å². The number of hydrogen-bond acceptors (Lipinski definition) is 5. The van der Waals surface area contributed by atoms with Gasteiger partial charge in [0.1, 0.15) is 11.9 Å². The molecule has 2 aromatic carbocycles. The number of carbonyl (C=O) groups excluding carboxylic acids is 1. The van der Waals surface area contributed by atoms with E-state index in [4.69, 9.17) is 27.9 Å². The highest BCUT2D eigenvalue weighted by atomic mass is 35.5. The monoisotopic (exact) mass is 408 g/mol. The number of anilines is 1. The number of halogens is 2. The highest BCUT2D eigenvalue weighted by Crippen LogP contribution is 2.29. The summed E-state index contributed by atoms with van der Waals surface area (Å²) in [4.78, 5) is 15.6. The van der Waals surface area contributed by atoms with E-state index < -0.39 is 0 Å². The smallest absolute Gasteiger partial charge is 0.293 e. The van der Waals surface area contributed by atoms with Crippen LogP contribution in [-0.4, -0.2) is 49.2 Å². The van der Waals surface area contributed by atoms with Crippen LogP contribution in [0.2, 0.25) is 10.0 Å². The molecule has 1 unspecified atom stereocenters. The van der Waals surface area contributed by atoms with E-state index in [9.17, 15) is 9.90 Å². The number of hydrogen-bond donors (Lipinski definition) is 1. The Balaban J connectivity index is 1.53. The van der Waals surface area contributed by atoms with Crippen LogP contribution in [0.1, 0.15) is 18.1 Å². The maximum absolute atomic E-state index is 10.9. The molecule has 3 rings (SSSR count). The Bertz CT molecular complexity index is 762. The summed E-state index contributed by atoms with van der Waals surface area (Å²) in [6.45, 7) is 4.98. The summed E-state index contributed by atoms with van der Waals surface area (Å²) in [6, 6.07) is 12.6. The van der Waals surface area contributed by atoms with Crippen LogP contribution in [0.4, 0.5) is 5.69 Å². The zero-order valence-corrected chi connectivity index (χ0v) is 16.4. The zero-order valence-electron chi connectivity index (χ0n) is 14.9. The van der Waals surface area contributed by atoms with E-state index >= 15 is 0 Å². The van der Waals surface area contributed by atoms with Gasteiger partial charge in [0, 0.05) is 44.8 Å². The van der Waals surface area contributed by atoms with Crippen LogP contribution in [0.5, 0.6) is 5.75 Å². The normalized spacial score (nSPS) is 16.1. The molecule has 0 radical (unpaired) electrons. The first kappa shape index (κ1) is 19.8. The fourth-order valence-corrected chi connectivity index (χ4v) is 3.59. The molecule has 5 nitrogen and oxygen atoms in total. The third-order valence-electron chi connectivity index (χ3n) is 4.83. The summed E-state index contributed by atoms with van der Waals surface area (Å²) in [7, 11) is 0. The Hall–Kier alpha value is -1.95. The van der Waals surface area contributed by atoms with Gasteiger partial charge in [-0.1, -0.05) is 29.3 Å². The number of aromatic hydroxyl groups is 1. The van der Waals surface area contributed by atoms with Crippen molar-refractivity contribution in [2.24, 2.45) is 0 Å². The van der Waals surface area contributed by atoms with Gasteiger partial charge in [0.2, 0.25) is 0 Å². The van der Waals surface area contributed by atoms with Gasteiger partial charge < -0.3 is 14.7 Å². The number of phenols is 1. The maximum atomic E-state index is 10.9. The van der Waals surface area contributed by atoms with Gasteiger partial charge in [-0.2, -0.15) is 0 Å². The van der Waals surface area contributed by atoms with Crippen LogP contribution < -0.4 is 4.90 Å². The molecule has 27 heavy (non-hydrogen) atoms. The van der Waals surface area contributed by atoms with Crippen molar-refractivity contribution in [2.75, 3.05) is 37.6 Å². The third kappa shape index (κ3) is 5.28. The SMILES string of the molecule is O=COC(CCN1CCN(c2ccc(O)cc2)CC1)c1ccc(Cl)c(Cl)c1. The fraction of sp³-hybridized carbons (Fsp3) is 0.350. The molecule has 1 fully saturated rings. The minimum absolute atomic E-state index is 0.279. The molecule has 0 aromatic heterocycles. The molecule has 1 N–H and O–H groups in total. The van der Waals surface area contributed by atoms with Gasteiger partial charge in [-0.25, -0.2) is 0 Å². The Morgan fingerprint density at radius 2 is 1.74 bits per heavy atom. The molecule has 0 spiro atoms. The first-order chi connectivity index (χ1) is 13.1. The van der Waals surface area contributed by atoms with Gasteiger partial charge in [0.05, 0.1) is 10.0 Å². The van der Waals surface area contributed by atoms with Crippen LogP contribution in [0.3, 0.4) is 0 Å². The quantitative estimate of drug-likeness (QED) is 0.698. The molecule has 1 atom stereocenters. The summed E-state index contributed by atoms with van der Waals surface area (Å²) >= 11 is 12.0. The van der Waals surface area contributed by atoms with Gasteiger partial charge in [0.25, 0.3) is 6.47 Å². The molecular weight excluding hydrogens is 387 g/mol. The molecule has 7 heteroatoms. The second-order valence-corrected chi connectivity index (χ2v) is 7.34. The zero-order chi connectivity index (χ0) is 19.2. The van der Waals surface area contributed by atoms with Gasteiger partial charge in [0.15, 0.2) is 0 Å². The predicted octanol–water partition coefficient (Wildman–Crippen LogP) is 4.13. The topological polar surface area (TPSA) is 53.0 Å².